The predicted molar refractivity (Wildman–Crippen MR) is 73.4 cm³/mol. The predicted octanol–water partition coefficient (Wildman–Crippen LogP) is 1.60. The fraction of sp³-hybridized carbons (Fsp3) is 0.250. The number of sulfonamides is 1. The van der Waals surface area contributed by atoms with Crippen molar-refractivity contribution in [2.75, 3.05) is 6.54 Å². The first kappa shape index (κ1) is 15.0. The maximum absolute atomic E-state index is 13.4. The summed E-state index contributed by atoms with van der Waals surface area (Å²) < 4.78 is 39.6. The lowest BCUT2D eigenvalue weighted by molar-refractivity contribution is 0.185. The highest BCUT2D eigenvalue weighted by Gasteiger charge is 2.18. The SMILES string of the molecule is Cc1ccc(S(=O)(=O)NCC(O)c2cncs2)cc1F. The van der Waals surface area contributed by atoms with E-state index in [-0.39, 0.29) is 11.4 Å². The molecule has 1 unspecified atom stereocenters. The average molecular weight is 316 g/mol. The lowest BCUT2D eigenvalue weighted by Gasteiger charge is -2.11. The van der Waals surface area contributed by atoms with Gasteiger partial charge in [-0.3, -0.25) is 4.98 Å². The largest absolute Gasteiger partial charge is 0.386 e. The van der Waals surface area contributed by atoms with Crippen LogP contribution in [0.1, 0.15) is 16.5 Å². The van der Waals surface area contributed by atoms with Crippen molar-refractivity contribution in [2.24, 2.45) is 0 Å². The Morgan fingerprint density at radius 1 is 1.50 bits per heavy atom. The zero-order valence-electron chi connectivity index (χ0n) is 10.6. The molecule has 5 nitrogen and oxygen atoms in total. The van der Waals surface area contributed by atoms with Crippen molar-refractivity contribution in [3.05, 3.63) is 46.2 Å². The Balaban J connectivity index is 2.09. The molecule has 2 N–H and O–H groups in total. The Hall–Kier alpha value is -1.35. The number of nitrogens with one attached hydrogen (secondary N) is 1. The molecule has 1 aromatic heterocycles. The van der Waals surface area contributed by atoms with Gasteiger partial charge in [-0.2, -0.15) is 0 Å². The first-order valence-electron chi connectivity index (χ1n) is 5.72. The van der Waals surface area contributed by atoms with Crippen molar-refractivity contribution in [3.8, 4) is 0 Å². The number of aliphatic hydroxyl groups excluding tert-OH is 1. The highest BCUT2D eigenvalue weighted by atomic mass is 32.2. The molecule has 20 heavy (non-hydrogen) atoms. The van der Waals surface area contributed by atoms with Gasteiger partial charge < -0.3 is 5.11 Å². The first-order valence-corrected chi connectivity index (χ1v) is 8.08. The number of hydrogen-bond acceptors (Lipinski definition) is 5. The van der Waals surface area contributed by atoms with Crippen LogP contribution in [0.3, 0.4) is 0 Å². The highest BCUT2D eigenvalue weighted by Crippen LogP contribution is 2.18. The topological polar surface area (TPSA) is 79.3 Å². The van der Waals surface area contributed by atoms with Gasteiger partial charge in [0.1, 0.15) is 11.9 Å². The number of aromatic nitrogens is 1. The van der Waals surface area contributed by atoms with Gasteiger partial charge in [0.25, 0.3) is 0 Å². The van der Waals surface area contributed by atoms with Crippen molar-refractivity contribution in [1.82, 2.24) is 9.71 Å². The number of aliphatic hydroxyl groups is 1. The first-order chi connectivity index (χ1) is 9.40. The van der Waals surface area contributed by atoms with Crippen LogP contribution < -0.4 is 4.72 Å². The summed E-state index contributed by atoms with van der Waals surface area (Å²) in [5.74, 6) is -0.587. The normalized spacial score (nSPS) is 13.3. The minimum atomic E-state index is -3.85. The highest BCUT2D eigenvalue weighted by molar-refractivity contribution is 7.89. The van der Waals surface area contributed by atoms with Gasteiger partial charge in [-0.15, -0.1) is 11.3 Å². The van der Waals surface area contributed by atoms with Crippen molar-refractivity contribution < 1.29 is 17.9 Å². The molecule has 1 aromatic carbocycles. The monoisotopic (exact) mass is 316 g/mol. The Kier molecular flexibility index (Phi) is 4.48. The summed E-state index contributed by atoms with van der Waals surface area (Å²) in [5.41, 5.74) is 1.91. The summed E-state index contributed by atoms with van der Waals surface area (Å²) in [6.07, 6.45) is 0.488. The zero-order valence-corrected chi connectivity index (χ0v) is 12.2. The second-order valence-electron chi connectivity index (χ2n) is 4.18. The Labute approximate surface area is 120 Å². The summed E-state index contributed by atoms with van der Waals surface area (Å²) in [4.78, 5) is 4.19. The maximum atomic E-state index is 13.4. The van der Waals surface area contributed by atoms with E-state index in [9.17, 15) is 17.9 Å². The van der Waals surface area contributed by atoms with Crippen LogP contribution in [-0.2, 0) is 10.0 Å². The minimum Gasteiger partial charge on any atom is -0.386 e. The van der Waals surface area contributed by atoms with Crippen molar-refractivity contribution >= 4 is 21.4 Å². The van der Waals surface area contributed by atoms with Crippen LogP contribution in [0.5, 0.6) is 0 Å². The van der Waals surface area contributed by atoms with E-state index in [0.717, 1.165) is 6.07 Å². The second kappa shape index (κ2) is 5.96. The van der Waals surface area contributed by atoms with E-state index in [4.69, 9.17) is 0 Å². The Morgan fingerprint density at radius 2 is 2.25 bits per heavy atom. The molecule has 0 radical (unpaired) electrons. The van der Waals surface area contributed by atoms with Gasteiger partial charge in [-0.25, -0.2) is 17.5 Å². The van der Waals surface area contributed by atoms with Gasteiger partial charge in [0, 0.05) is 12.7 Å². The molecule has 0 aliphatic rings. The molecule has 0 bridgehead atoms. The van der Waals surface area contributed by atoms with Gasteiger partial charge in [0.15, 0.2) is 0 Å². The molecule has 8 heteroatoms. The van der Waals surface area contributed by atoms with E-state index in [0.29, 0.717) is 10.4 Å². The molecule has 1 atom stereocenters. The number of halogens is 1. The third kappa shape index (κ3) is 3.40. The van der Waals surface area contributed by atoms with E-state index in [2.05, 4.69) is 9.71 Å². The number of nitrogens with zero attached hydrogens (tertiary/aromatic N) is 1. The molecule has 1 heterocycles. The van der Waals surface area contributed by atoms with Gasteiger partial charge in [0.05, 0.1) is 15.3 Å². The van der Waals surface area contributed by atoms with E-state index in [1.165, 1.54) is 29.7 Å². The van der Waals surface area contributed by atoms with Crippen LogP contribution in [0.2, 0.25) is 0 Å². The van der Waals surface area contributed by atoms with E-state index < -0.39 is 21.9 Å². The summed E-state index contributed by atoms with van der Waals surface area (Å²) in [6, 6.07) is 3.67. The van der Waals surface area contributed by atoms with Crippen LogP contribution >= 0.6 is 11.3 Å². The molecular weight excluding hydrogens is 303 g/mol. The summed E-state index contributed by atoms with van der Waals surface area (Å²) in [6.45, 7) is 1.35. The molecule has 0 aliphatic carbocycles. The molecule has 0 amide bonds. The van der Waals surface area contributed by atoms with Gasteiger partial charge in [-0.05, 0) is 24.6 Å². The number of hydrogen-bond donors (Lipinski definition) is 2. The lowest BCUT2D eigenvalue weighted by atomic mass is 10.2. The molecular formula is C12H13FN2O3S2. The molecule has 0 fully saturated rings. The van der Waals surface area contributed by atoms with Crippen LogP contribution in [0, 0.1) is 12.7 Å². The molecule has 2 aromatic rings. The third-order valence-electron chi connectivity index (χ3n) is 2.70. The number of rotatable bonds is 5. The average Bonchev–Trinajstić information content (AvgIpc) is 2.93. The van der Waals surface area contributed by atoms with Gasteiger partial charge in [-0.1, -0.05) is 6.07 Å². The fourth-order valence-electron chi connectivity index (χ4n) is 1.50. The van der Waals surface area contributed by atoms with Crippen LogP contribution in [-0.4, -0.2) is 25.1 Å². The molecule has 0 spiro atoms. The van der Waals surface area contributed by atoms with Gasteiger partial charge in [0.2, 0.25) is 10.0 Å². The zero-order chi connectivity index (χ0) is 14.8. The third-order valence-corrected chi connectivity index (χ3v) is 5.00. The van der Waals surface area contributed by atoms with Crippen molar-refractivity contribution in [1.29, 1.82) is 0 Å². The van der Waals surface area contributed by atoms with Crippen LogP contribution in [0.4, 0.5) is 4.39 Å². The molecule has 0 aliphatic heterocycles. The maximum Gasteiger partial charge on any atom is 0.240 e. The summed E-state index contributed by atoms with van der Waals surface area (Å²) in [7, 11) is -3.85. The molecule has 0 saturated carbocycles. The standard InChI is InChI=1S/C12H13FN2O3S2/c1-8-2-3-9(4-10(8)13)20(17,18)15-5-11(16)12-6-14-7-19-12/h2-4,6-7,11,15-16H,5H2,1H3. The smallest absolute Gasteiger partial charge is 0.240 e. The molecule has 0 saturated heterocycles. The van der Waals surface area contributed by atoms with E-state index in [1.54, 1.807) is 12.4 Å². The van der Waals surface area contributed by atoms with E-state index >= 15 is 0 Å². The molecule has 2 rings (SSSR count). The number of benzene rings is 1. The van der Waals surface area contributed by atoms with Crippen molar-refractivity contribution in [3.63, 3.8) is 0 Å². The minimum absolute atomic E-state index is 0.169. The number of thiazole rings is 1. The van der Waals surface area contributed by atoms with Crippen LogP contribution in [0.25, 0.3) is 0 Å². The fourth-order valence-corrected chi connectivity index (χ4v) is 3.16. The number of aryl methyl sites for hydroxylation is 1. The van der Waals surface area contributed by atoms with Gasteiger partial charge >= 0.3 is 0 Å². The Bertz CT molecular complexity index is 687. The summed E-state index contributed by atoms with van der Waals surface area (Å²) in [5, 5.41) is 9.79. The lowest BCUT2D eigenvalue weighted by Crippen LogP contribution is -2.28. The van der Waals surface area contributed by atoms with E-state index in [1.807, 2.05) is 0 Å². The van der Waals surface area contributed by atoms with Crippen molar-refractivity contribution in [2.45, 2.75) is 17.9 Å². The Morgan fingerprint density at radius 3 is 2.85 bits per heavy atom. The molecule has 108 valence electrons. The van der Waals surface area contributed by atoms with Crippen LogP contribution in [0.15, 0.2) is 34.8 Å². The second-order valence-corrected chi connectivity index (χ2v) is 6.87. The quantitative estimate of drug-likeness (QED) is 0.878. The summed E-state index contributed by atoms with van der Waals surface area (Å²) >= 11 is 1.23.